The van der Waals surface area contributed by atoms with E-state index in [9.17, 15) is 9.90 Å². The van der Waals surface area contributed by atoms with Crippen LogP contribution in [0, 0.1) is 27.6 Å². The number of allylic oxidation sites excluding steroid dienone is 1. The van der Waals surface area contributed by atoms with Crippen molar-refractivity contribution in [3.8, 4) is 0 Å². The fourth-order valence-corrected chi connectivity index (χ4v) is 9.63. The van der Waals surface area contributed by atoms with E-state index in [1.165, 1.54) is 0 Å². The molecule has 3 saturated heterocycles. The predicted octanol–water partition coefficient (Wildman–Crippen LogP) is 6.31. The molecule has 4 aliphatic carbocycles. The van der Waals surface area contributed by atoms with Crippen LogP contribution < -0.4 is 0 Å². The Morgan fingerprint density at radius 1 is 0.698 bits per heavy atom. The molecule has 3 heterocycles. The van der Waals surface area contributed by atoms with Crippen molar-refractivity contribution in [2.24, 2.45) is 27.6 Å². The summed E-state index contributed by atoms with van der Waals surface area (Å²) in [6, 6.07) is 0. The topological polar surface area (TPSA) is 92.7 Å². The lowest BCUT2D eigenvalue weighted by atomic mass is 9.45. The van der Waals surface area contributed by atoms with Crippen LogP contribution in [-0.2, 0) is 33.2 Å². The Bertz CT molecular complexity index is 1010. The SMILES string of the molecule is CC(C(=O)O)=C(OCCCC1(C)COC1)C12CC3CC(OCCCC4(C)COC4)(CC(OCCCC4(C)COC4)(C3)C1)C2. The first-order chi connectivity index (χ1) is 20.4. The Hall–Kier alpha value is -1.19. The first-order valence-electron chi connectivity index (χ1n) is 17.0. The van der Waals surface area contributed by atoms with Crippen molar-refractivity contribution < 1.29 is 38.3 Å². The molecule has 1 N–H and O–H groups in total. The maximum atomic E-state index is 12.5. The highest BCUT2D eigenvalue weighted by atomic mass is 16.5. The highest BCUT2D eigenvalue weighted by Crippen LogP contribution is 2.68. The van der Waals surface area contributed by atoms with Crippen LogP contribution in [0.4, 0.5) is 0 Å². The van der Waals surface area contributed by atoms with Crippen molar-refractivity contribution in [2.75, 3.05) is 59.5 Å². The zero-order valence-electron chi connectivity index (χ0n) is 27.2. The van der Waals surface area contributed by atoms with Crippen molar-refractivity contribution in [3.05, 3.63) is 11.3 Å². The van der Waals surface area contributed by atoms with Gasteiger partial charge in [0.1, 0.15) is 5.76 Å². The van der Waals surface area contributed by atoms with Gasteiger partial charge in [0.2, 0.25) is 0 Å². The first kappa shape index (κ1) is 31.8. The molecule has 0 radical (unpaired) electrons. The smallest absolute Gasteiger partial charge is 0.334 e. The molecule has 0 amide bonds. The van der Waals surface area contributed by atoms with E-state index >= 15 is 0 Å². The molecule has 0 aromatic carbocycles. The van der Waals surface area contributed by atoms with Crippen LogP contribution >= 0.6 is 0 Å². The van der Waals surface area contributed by atoms with Crippen LogP contribution in [0.25, 0.3) is 0 Å². The van der Waals surface area contributed by atoms with Crippen LogP contribution in [0.5, 0.6) is 0 Å². The Morgan fingerprint density at radius 2 is 1.14 bits per heavy atom. The van der Waals surface area contributed by atoms with Gasteiger partial charge in [-0.25, -0.2) is 4.79 Å². The van der Waals surface area contributed by atoms with E-state index in [1.54, 1.807) is 6.92 Å². The summed E-state index contributed by atoms with van der Waals surface area (Å²) in [5.41, 5.74) is 0.167. The standard InChI is InChI=1S/C35H56O8/c1-26(29(36)37)28(41-11-5-8-30(2)20-38-21-30)33-14-27-15-34(17-33,42-12-6-9-31(3)22-39-23-31)19-35(16-27,18-33)43-13-7-10-32(4)24-40-25-32/h27H,5-25H2,1-4H3,(H,36,37). The van der Waals surface area contributed by atoms with Crippen molar-refractivity contribution >= 4 is 5.97 Å². The molecule has 0 aromatic rings. The van der Waals surface area contributed by atoms with Crippen LogP contribution in [-0.4, -0.2) is 81.7 Å². The van der Waals surface area contributed by atoms with Gasteiger partial charge in [0.05, 0.1) is 63.0 Å². The Balaban J connectivity index is 1.19. The van der Waals surface area contributed by atoms with E-state index in [-0.39, 0.29) is 32.9 Å². The van der Waals surface area contributed by atoms with Crippen LogP contribution in [0.3, 0.4) is 0 Å². The second-order valence-corrected chi connectivity index (χ2v) is 16.7. The van der Waals surface area contributed by atoms with E-state index < -0.39 is 5.97 Å². The van der Waals surface area contributed by atoms with Gasteiger partial charge in [-0.15, -0.1) is 0 Å². The highest BCUT2D eigenvalue weighted by molar-refractivity contribution is 5.86. The third kappa shape index (κ3) is 6.70. The number of hydrogen-bond donors (Lipinski definition) is 1. The van der Waals surface area contributed by atoms with E-state index in [0.29, 0.717) is 23.9 Å². The molecule has 8 heteroatoms. The lowest BCUT2D eigenvalue weighted by Crippen LogP contribution is -2.65. The summed E-state index contributed by atoms with van der Waals surface area (Å²) in [6.45, 7) is 15.6. The van der Waals surface area contributed by atoms with E-state index in [2.05, 4.69) is 20.8 Å². The van der Waals surface area contributed by atoms with Crippen molar-refractivity contribution in [3.63, 3.8) is 0 Å². The lowest BCUT2D eigenvalue weighted by Gasteiger charge is -2.66. The molecule has 0 aromatic heterocycles. The fraction of sp³-hybridized carbons (Fsp3) is 0.914. The van der Waals surface area contributed by atoms with Gasteiger partial charge in [0.25, 0.3) is 0 Å². The summed E-state index contributed by atoms with van der Waals surface area (Å²) in [7, 11) is 0. The number of aliphatic carboxylic acids is 1. The highest BCUT2D eigenvalue weighted by Gasteiger charge is 2.66. The quantitative estimate of drug-likeness (QED) is 0.117. The molecule has 2 atom stereocenters. The zero-order valence-corrected chi connectivity index (χ0v) is 27.2. The number of ether oxygens (including phenoxy) is 6. The third-order valence-corrected chi connectivity index (χ3v) is 11.6. The summed E-state index contributed by atoms with van der Waals surface area (Å²) in [6.07, 6.45) is 11.7. The van der Waals surface area contributed by atoms with Crippen LogP contribution in [0.1, 0.15) is 105 Å². The van der Waals surface area contributed by atoms with Gasteiger partial charge in [0.15, 0.2) is 0 Å². The summed E-state index contributed by atoms with van der Waals surface area (Å²) < 4.78 is 36.9. The van der Waals surface area contributed by atoms with Gasteiger partial charge < -0.3 is 33.5 Å². The minimum absolute atomic E-state index is 0.219. The monoisotopic (exact) mass is 604 g/mol. The van der Waals surface area contributed by atoms with E-state index in [0.717, 1.165) is 130 Å². The van der Waals surface area contributed by atoms with Gasteiger partial charge >= 0.3 is 5.97 Å². The third-order valence-electron chi connectivity index (χ3n) is 11.6. The number of carboxylic acid groups (broad SMARTS) is 1. The first-order valence-corrected chi connectivity index (χ1v) is 17.0. The van der Waals surface area contributed by atoms with E-state index in [1.807, 2.05) is 0 Å². The van der Waals surface area contributed by atoms with Gasteiger partial charge in [-0.05, 0) is 83.5 Å². The minimum Gasteiger partial charge on any atom is -0.497 e. The van der Waals surface area contributed by atoms with Crippen molar-refractivity contribution in [2.45, 2.75) is 116 Å². The van der Waals surface area contributed by atoms with Gasteiger partial charge in [0, 0.05) is 41.3 Å². The molecule has 43 heavy (non-hydrogen) atoms. The molecule has 4 saturated carbocycles. The molecule has 4 bridgehead atoms. The number of carboxylic acids is 1. The number of rotatable bonds is 17. The second-order valence-electron chi connectivity index (χ2n) is 16.7. The maximum absolute atomic E-state index is 12.5. The Morgan fingerprint density at radius 3 is 1.53 bits per heavy atom. The molecule has 8 nitrogen and oxygen atoms in total. The zero-order chi connectivity index (χ0) is 30.4. The predicted molar refractivity (Wildman–Crippen MR) is 162 cm³/mol. The molecule has 244 valence electrons. The van der Waals surface area contributed by atoms with Gasteiger partial charge in [-0.2, -0.15) is 0 Å². The average molecular weight is 605 g/mol. The summed E-state index contributed by atoms with van der Waals surface area (Å²) in [5.74, 6) is 0.248. The fourth-order valence-electron chi connectivity index (χ4n) is 9.63. The number of hydrogen-bond acceptors (Lipinski definition) is 7. The largest absolute Gasteiger partial charge is 0.497 e. The summed E-state index contributed by atoms with van der Waals surface area (Å²) >= 11 is 0. The molecule has 2 unspecified atom stereocenters. The van der Waals surface area contributed by atoms with Crippen molar-refractivity contribution in [1.82, 2.24) is 0 Å². The van der Waals surface area contributed by atoms with Gasteiger partial charge in [-0.1, -0.05) is 20.8 Å². The lowest BCUT2D eigenvalue weighted by molar-refractivity contribution is -0.262. The average Bonchev–Trinajstić information content (AvgIpc) is 2.89. The molecular weight excluding hydrogens is 548 g/mol. The normalized spacial score (nSPS) is 36.7. The molecular formula is C35H56O8. The summed E-state index contributed by atoms with van der Waals surface area (Å²) in [5, 5.41) is 10.2. The van der Waals surface area contributed by atoms with Gasteiger partial charge in [-0.3, -0.25) is 0 Å². The van der Waals surface area contributed by atoms with Crippen LogP contribution in [0.2, 0.25) is 0 Å². The second kappa shape index (κ2) is 11.9. The summed E-state index contributed by atoms with van der Waals surface area (Å²) in [4.78, 5) is 12.5. The Labute approximate surface area is 258 Å². The molecule has 7 aliphatic rings. The molecule has 7 fully saturated rings. The number of carbonyl (C=O) groups is 1. The maximum Gasteiger partial charge on any atom is 0.334 e. The Kier molecular flexibility index (Phi) is 8.77. The molecule has 3 aliphatic heterocycles. The van der Waals surface area contributed by atoms with E-state index in [4.69, 9.17) is 28.4 Å². The van der Waals surface area contributed by atoms with Crippen LogP contribution in [0.15, 0.2) is 11.3 Å². The minimum atomic E-state index is -0.887. The van der Waals surface area contributed by atoms with Crippen molar-refractivity contribution in [1.29, 1.82) is 0 Å². The molecule has 0 spiro atoms. The molecule has 7 rings (SSSR count).